The fourth-order valence-electron chi connectivity index (χ4n) is 3.62. The molecular formula is C21H22N4O2. The van der Waals surface area contributed by atoms with Crippen LogP contribution in [0.2, 0.25) is 0 Å². The summed E-state index contributed by atoms with van der Waals surface area (Å²) in [5.74, 6) is 0.473. The third-order valence-electron chi connectivity index (χ3n) is 5.05. The number of aromatic nitrogens is 1. The van der Waals surface area contributed by atoms with Crippen molar-refractivity contribution in [3.8, 4) is 0 Å². The van der Waals surface area contributed by atoms with E-state index in [4.69, 9.17) is 0 Å². The molecule has 4 rings (SSSR count). The molecule has 0 bridgehead atoms. The smallest absolute Gasteiger partial charge is 0.259 e. The number of nitrogens with zero attached hydrogens (tertiary/aromatic N) is 3. The second-order valence-electron chi connectivity index (χ2n) is 6.88. The van der Waals surface area contributed by atoms with E-state index in [1.54, 1.807) is 12.3 Å². The van der Waals surface area contributed by atoms with Crippen molar-refractivity contribution < 1.29 is 9.59 Å². The van der Waals surface area contributed by atoms with E-state index in [-0.39, 0.29) is 18.4 Å². The van der Waals surface area contributed by atoms with E-state index in [9.17, 15) is 9.59 Å². The summed E-state index contributed by atoms with van der Waals surface area (Å²) < 4.78 is 0. The molecule has 0 aliphatic carbocycles. The molecule has 1 aromatic carbocycles. The summed E-state index contributed by atoms with van der Waals surface area (Å²) in [6.07, 6.45) is 5.32. The highest BCUT2D eigenvalue weighted by molar-refractivity contribution is 6.11. The lowest BCUT2D eigenvalue weighted by atomic mass is 10.1. The van der Waals surface area contributed by atoms with E-state index in [0.717, 1.165) is 24.5 Å². The van der Waals surface area contributed by atoms with Gasteiger partial charge < -0.3 is 10.2 Å². The number of rotatable bonds is 4. The lowest BCUT2D eigenvalue weighted by Crippen LogP contribution is -2.33. The Labute approximate surface area is 158 Å². The Morgan fingerprint density at radius 3 is 2.48 bits per heavy atom. The van der Waals surface area contributed by atoms with Crippen molar-refractivity contribution in [1.29, 1.82) is 0 Å². The zero-order valence-electron chi connectivity index (χ0n) is 15.1. The van der Waals surface area contributed by atoms with E-state index in [2.05, 4.69) is 21.8 Å². The minimum atomic E-state index is -0.273. The summed E-state index contributed by atoms with van der Waals surface area (Å²) in [4.78, 5) is 33.0. The van der Waals surface area contributed by atoms with Crippen LogP contribution in [0.1, 0.15) is 35.2 Å². The SMILES string of the molecule is C=C1c2ccccc2C(=O)N1CC(=O)Nc1ccc(N2CCCCC2)nc1. The Morgan fingerprint density at radius 2 is 1.81 bits per heavy atom. The molecule has 2 aliphatic heterocycles. The summed E-state index contributed by atoms with van der Waals surface area (Å²) in [5, 5.41) is 2.81. The molecule has 0 unspecified atom stereocenters. The number of fused-ring (bicyclic) bond motifs is 1. The molecule has 1 aromatic heterocycles. The van der Waals surface area contributed by atoms with Crippen molar-refractivity contribution in [3.63, 3.8) is 0 Å². The summed E-state index contributed by atoms with van der Waals surface area (Å²) in [6.45, 7) is 5.94. The number of nitrogens with one attached hydrogen (secondary N) is 1. The van der Waals surface area contributed by atoms with E-state index >= 15 is 0 Å². The largest absolute Gasteiger partial charge is 0.357 e. The minimum absolute atomic E-state index is 0.0692. The van der Waals surface area contributed by atoms with Crippen LogP contribution in [-0.2, 0) is 4.79 Å². The van der Waals surface area contributed by atoms with Crippen molar-refractivity contribution in [1.82, 2.24) is 9.88 Å². The molecule has 6 heteroatoms. The Bertz CT molecular complexity index is 850. The van der Waals surface area contributed by atoms with Crippen LogP contribution in [0.5, 0.6) is 0 Å². The van der Waals surface area contributed by atoms with E-state index < -0.39 is 0 Å². The number of carbonyl (C=O) groups is 2. The molecule has 6 nitrogen and oxygen atoms in total. The van der Waals surface area contributed by atoms with Crippen LogP contribution >= 0.6 is 0 Å². The molecule has 0 radical (unpaired) electrons. The molecule has 0 spiro atoms. The first-order valence-electron chi connectivity index (χ1n) is 9.24. The second-order valence-corrected chi connectivity index (χ2v) is 6.88. The topological polar surface area (TPSA) is 65.5 Å². The maximum absolute atomic E-state index is 12.5. The Balaban J connectivity index is 1.38. The third-order valence-corrected chi connectivity index (χ3v) is 5.05. The molecule has 27 heavy (non-hydrogen) atoms. The number of carbonyl (C=O) groups excluding carboxylic acids is 2. The van der Waals surface area contributed by atoms with Gasteiger partial charge in [-0.25, -0.2) is 4.98 Å². The maximum atomic E-state index is 12.5. The lowest BCUT2D eigenvalue weighted by Gasteiger charge is -2.27. The molecule has 2 aromatic rings. The first-order valence-corrected chi connectivity index (χ1v) is 9.24. The van der Waals surface area contributed by atoms with Gasteiger partial charge in [-0.3, -0.25) is 14.5 Å². The quantitative estimate of drug-likeness (QED) is 0.907. The first-order chi connectivity index (χ1) is 13.1. The van der Waals surface area contributed by atoms with Gasteiger partial charge in [0.25, 0.3) is 5.91 Å². The van der Waals surface area contributed by atoms with Gasteiger partial charge in [-0.05, 0) is 37.5 Å². The van der Waals surface area contributed by atoms with Gasteiger partial charge in [0.15, 0.2) is 0 Å². The van der Waals surface area contributed by atoms with Crippen molar-refractivity contribution in [2.45, 2.75) is 19.3 Å². The molecular weight excluding hydrogens is 340 g/mol. The van der Waals surface area contributed by atoms with Gasteiger partial charge in [0.05, 0.1) is 11.9 Å². The minimum Gasteiger partial charge on any atom is -0.357 e. The van der Waals surface area contributed by atoms with Gasteiger partial charge in [0.2, 0.25) is 5.91 Å². The van der Waals surface area contributed by atoms with Crippen LogP contribution in [-0.4, -0.2) is 41.3 Å². The average molecular weight is 362 g/mol. The van der Waals surface area contributed by atoms with Crippen LogP contribution in [0.15, 0.2) is 49.2 Å². The normalized spacial score (nSPS) is 16.4. The van der Waals surface area contributed by atoms with Gasteiger partial charge >= 0.3 is 0 Å². The number of hydrogen-bond donors (Lipinski definition) is 1. The van der Waals surface area contributed by atoms with Crippen molar-refractivity contribution in [3.05, 3.63) is 60.3 Å². The standard InChI is InChI=1S/C21H22N4O2/c1-15-17-7-3-4-8-18(17)21(27)25(15)14-20(26)23-16-9-10-19(22-13-16)24-11-5-2-6-12-24/h3-4,7-10,13H,1-2,5-6,11-12,14H2,(H,23,26). The summed E-state index contributed by atoms with van der Waals surface area (Å²) in [6, 6.07) is 11.0. The molecule has 1 saturated heterocycles. The molecule has 2 amide bonds. The van der Waals surface area contributed by atoms with E-state index in [0.29, 0.717) is 16.9 Å². The van der Waals surface area contributed by atoms with Crippen molar-refractivity contribution >= 4 is 29.0 Å². The molecule has 2 aliphatic rings. The average Bonchev–Trinajstić information content (AvgIpc) is 2.94. The number of anilines is 2. The third kappa shape index (κ3) is 3.43. The van der Waals surface area contributed by atoms with Crippen LogP contribution in [0.4, 0.5) is 11.5 Å². The van der Waals surface area contributed by atoms with E-state index in [1.807, 2.05) is 30.3 Å². The highest BCUT2D eigenvalue weighted by Crippen LogP contribution is 2.30. The predicted octanol–water partition coefficient (Wildman–Crippen LogP) is 3.14. The highest BCUT2D eigenvalue weighted by Gasteiger charge is 2.31. The first kappa shape index (κ1) is 17.3. The van der Waals surface area contributed by atoms with Crippen LogP contribution in [0.3, 0.4) is 0 Å². The van der Waals surface area contributed by atoms with Crippen LogP contribution in [0.25, 0.3) is 5.70 Å². The monoisotopic (exact) mass is 362 g/mol. The fraction of sp³-hybridized carbons (Fsp3) is 0.286. The number of amides is 2. The maximum Gasteiger partial charge on any atom is 0.259 e. The number of piperidine rings is 1. The van der Waals surface area contributed by atoms with Crippen molar-refractivity contribution in [2.75, 3.05) is 29.9 Å². The fourth-order valence-corrected chi connectivity index (χ4v) is 3.62. The Hall–Kier alpha value is -3.15. The summed E-state index contributed by atoms with van der Waals surface area (Å²) in [7, 11) is 0. The Morgan fingerprint density at radius 1 is 1.07 bits per heavy atom. The van der Waals surface area contributed by atoms with Crippen molar-refractivity contribution in [2.24, 2.45) is 0 Å². The zero-order chi connectivity index (χ0) is 18.8. The lowest BCUT2D eigenvalue weighted by molar-refractivity contribution is -0.116. The van der Waals surface area contributed by atoms with Gasteiger partial charge in [0, 0.05) is 29.9 Å². The number of hydrogen-bond acceptors (Lipinski definition) is 4. The summed E-state index contributed by atoms with van der Waals surface area (Å²) in [5.41, 5.74) is 2.55. The molecule has 138 valence electrons. The molecule has 1 N–H and O–H groups in total. The molecule has 0 atom stereocenters. The van der Waals surface area contributed by atoms with Gasteiger partial charge in [0.1, 0.15) is 12.4 Å². The van der Waals surface area contributed by atoms with Gasteiger partial charge in [-0.2, -0.15) is 0 Å². The molecule has 3 heterocycles. The highest BCUT2D eigenvalue weighted by atomic mass is 16.2. The number of pyridine rings is 1. The summed E-state index contributed by atoms with van der Waals surface area (Å²) >= 11 is 0. The van der Waals surface area contributed by atoms with Crippen LogP contribution < -0.4 is 10.2 Å². The molecule has 1 fully saturated rings. The predicted molar refractivity (Wildman–Crippen MR) is 105 cm³/mol. The van der Waals surface area contributed by atoms with Gasteiger partial charge in [-0.1, -0.05) is 24.8 Å². The number of benzene rings is 1. The van der Waals surface area contributed by atoms with Gasteiger partial charge in [-0.15, -0.1) is 0 Å². The zero-order valence-corrected chi connectivity index (χ0v) is 15.1. The second kappa shape index (κ2) is 7.23. The molecule has 0 saturated carbocycles. The van der Waals surface area contributed by atoms with Crippen LogP contribution in [0, 0.1) is 0 Å². The van der Waals surface area contributed by atoms with E-state index in [1.165, 1.54) is 24.2 Å². The Kier molecular flexibility index (Phi) is 4.62.